The Morgan fingerprint density at radius 2 is 0.941 bits per heavy atom. The Morgan fingerprint density at radius 1 is 0.618 bits per heavy atom. The fourth-order valence-electron chi connectivity index (χ4n) is 2.25. The van der Waals surface area contributed by atoms with Crippen molar-refractivity contribution in [1.82, 2.24) is 0 Å². The Kier molecular flexibility index (Phi) is 8.00. The molecule has 0 aromatic rings. The van der Waals surface area contributed by atoms with Gasteiger partial charge in [-0.15, -0.1) is 0 Å². The number of aliphatic hydroxyl groups excluding tert-OH is 1. The largest absolute Gasteiger partial charge is 0.502 e. The number of aliphatic hydroxyl groups is 1. The van der Waals surface area contributed by atoms with Crippen molar-refractivity contribution in [2.45, 2.75) is 74.1 Å². The van der Waals surface area contributed by atoms with Crippen LogP contribution in [0.15, 0.2) is 11.3 Å². The third-order valence-electron chi connectivity index (χ3n) is 4.46. The summed E-state index contributed by atoms with van der Waals surface area (Å²) in [6.07, 6.45) is -9.88. The van der Waals surface area contributed by atoms with Crippen molar-refractivity contribution in [3.63, 3.8) is 0 Å². The van der Waals surface area contributed by atoms with Crippen molar-refractivity contribution in [3.05, 3.63) is 11.3 Å². The van der Waals surface area contributed by atoms with Crippen molar-refractivity contribution in [2.24, 2.45) is 0 Å². The molecular formula is C15H12F16O3. The fraction of sp³-hybridized carbons (Fsp3) is 0.800. The summed E-state index contributed by atoms with van der Waals surface area (Å²) in [4.78, 5) is 10.5. The molecule has 0 aromatic heterocycles. The molecule has 1 unspecified atom stereocenters. The lowest BCUT2D eigenvalue weighted by Crippen LogP contribution is -2.74. The van der Waals surface area contributed by atoms with E-state index in [1.807, 2.05) is 0 Å². The highest BCUT2D eigenvalue weighted by molar-refractivity contribution is 5.85. The molecule has 0 amide bonds. The second-order valence-electron chi connectivity index (χ2n) is 6.83. The molecule has 0 saturated heterocycles. The van der Waals surface area contributed by atoms with Gasteiger partial charge in [-0.2, -0.15) is 65.9 Å². The minimum absolute atomic E-state index is 0.754. The summed E-state index contributed by atoms with van der Waals surface area (Å²) in [5.74, 6) is -54.0. The summed E-state index contributed by atoms with van der Waals surface area (Å²) in [6, 6.07) is 0. The molecule has 0 aliphatic rings. The number of carboxylic acids is 1. The molecule has 0 aliphatic carbocycles. The highest BCUT2D eigenvalue weighted by Gasteiger charge is 2.94. The number of allylic oxidation sites excluding steroid dienone is 1. The maximum Gasteiger partial charge on any atom is 0.428 e. The summed E-state index contributed by atoms with van der Waals surface area (Å²) >= 11 is 0. The third kappa shape index (κ3) is 4.11. The van der Waals surface area contributed by atoms with E-state index in [0.29, 0.717) is 0 Å². The number of rotatable bonds is 10. The Balaban J connectivity index is 7.12. The monoisotopic (exact) mass is 544 g/mol. The zero-order valence-corrected chi connectivity index (χ0v) is 16.3. The van der Waals surface area contributed by atoms with Crippen LogP contribution in [0.5, 0.6) is 0 Å². The average molecular weight is 544 g/mol. The molecule has 0 heterocycles. The van der Waals surface area contributed by atoms with Crippen LogP contribution in [0.1, 0.15) is 26.7 Å². The first-order chi connectivity index (χ1) is 14.6. The summed E-state index contributed by atoms with van der Waals surface area (Å²) in [5, 5.41) is 17.3. The van der Waals surface area contributed by atoms with Crippen LogP contribution in [0, 0.1) is 0 Å². The number of alkyl halides is 16. The van der Waals surface area contributed by atoms with E-state index < -0.39 is 84.4 Å². The quantitative estimate of drug-likeness (QED) is 0.181. The average Bonchev–Trinajstić information content (AvgIpc) is 2.63. The van der Waals surface area contributed by atoms with Gasteiger partial charge in [0, 0.05) is 0 Å². The number of carboxylic acid groups (broad SMARTS) is 1. The molecule has 0 fully saturated rings. The van der Waals surface area contributed by atoms with E-state index >= 15 is 0 Å². The lowest BCUT2D eigenvalue weighted by molar-refractivity contribution is -0.443. The summed E-state index contributed by atoms with van der Waals surface area (Å²) in [5.41, 5.74) is -9.72. The lowest BCUT2D eigenvalue weighted by Gasteiger charge is -2.44. The standard InChI is InChI=1S/C15H12F16O3/c1-3-4-5(6(32)7(33)34)9(17,18)11(21,22)13(25,26)14(27,28)12(23,24)10(19,20)8(2,16)15(29,30)31/h32H,3-4H2,1-2H3,(H,33,34). The van der Waals surface area contributed by atoms with E-state index in [0.717, 1.165) is 6.92 Å². The first-order valence-corrected chi connectivity index (χ1v) is 8.24. The van der Waals surface area contributed by atoms with E-state index in [9.17, 15) is 75.0 Å². The number of aliphatic carboxylic acids is 1. The number of halogens is 16. The summed E-state index contributed by atoms with van der Waals surface area (Å²) < 4.78 is 216. The minimum Gasteiger partial charge on any atom is -0.502 e. The number of hydrogen-bond donors (Lipinski definition) is 2. The molecule has 3 nitrogen and oxygen atoms in total. The molecule has 0 aromatic carbocycles. The molecule has 19 heteroatoms. The summed E-state index contributed by atoms with van der Waals surface area (Å²) in [7, 11) is 0. The van der Waals surface area contributed by atoms with Crippen molar-refractivity contribution in [3.8, 4) is 0 Å². The molecule has 0 aliphatic heterocycles. The van der Waals surface area contributed by atoms with Gasteiger partial charge >= 0.3 is 47.7 Å². The highest BCUT2D eigenvalue weighted by atomic mass is 19.4. The van der Waals surface area contributed by atoms with Crippen molar-refractivity contribution in [2.75, 3.05) is 0 Å². The zero-order chi connectivity index (χ0) is 28.1. The molecule has 1 atom stereocenters. The molecule has 0 radical (unpaired) electrons. The SMILES string of the molecule is CCCC(=C(O)C(=O)O)C(F)(F)C(F)(F)C(F)(F)C(F)(F)C(F)(F)C(F)(F)C(C)(F)C(F)(F)F. The second-order valence-corrected chi connectivity index (χ2v) is 6.83. The maximum absolute atomic E-state index is 14.1. The van der Waals surface area contributed by atoms with Gasteiger partial charge in [0.15, 0.2) is 0 Å². The Labute approximate surface area is 178 Å². The van der Waals surface area contributed by atoms with Crippen LogP contribution >= 0.6 is 0 Å². The van der Waals surface area contributed by atoms with Crippen molar-refractivity contribution in [1.29, 1.82) is 0 Å². The molecule has 0 spiro atoms. The number of hydrogen-bond acceptors (Lipinski definition) is 2. The van der Waals surface area contributed by atoms with Crippen LogP contribution in [0.2, 0.25) is 0 Å². The van der Waals surface area contributed by atoms with Gasteiger partial charge < -0.3 is 10.2 Å². The first kappa shape index (κ1) is 31.9. The molecule has 0 rings (SSSR count). The van der Waals surface area contributed by atoms with Crippen LogP contribution in [0.4, 0.5) is 70.2 Å². The molecule has 202 valence electrons. The van der Waals surface area contributed by atoms with Gasteiger partial charge in [0.25, 0.3) is 5.67 Å². The van der Waals surface area contributed by atoms with Crippen molar-refractivity contribution < 1.29 is 85.3 Å². The van der Waals surface area contributed by atoms with E-state index in [4.69, 9.17) is 10.2 Å². The molecular weight excluding hydrogens is 532 g/mol. The van der Waals surface area contributed by atoms with Crippen LogP contribution in [-0.2, 0) is 4.79 Å². The third-order valence-corrected chi connectivity index (χ3v) is 4.46. The molecule has 2 N–H and O–H groups in total. The first-order valence-electron chi connectivity index (χ1n) is 8.24. The van der Waals surface area contributed by atoms with Crippen LogP contribution in [0.3, 0.4) is 0 Å². The van der Waals surface area contributed by atoms with E-state index in [1.54, 1.807) is 0 Å². The van der Waals surface area contributed by atoms with E-state index in [-0.39, 0.29) is 0 Å². The normalized spacial score (nSPS) is 17.8. The van der Waals surface area contributed by atoms with E-state index in [2.05, 4.69) is 0 Å². The van der Waals surface area contributed by atoms with Gasteiger partial charge in [-0.1, -0.05) is 13.3 Å². The molecule has 0 saturated carbocycles. The van der Waals surface area contributed by atoms with Gasteiger partial charge in [0.05, 0.1) is 5.57 Å². The smallest absolute Gasteiger partial charge is 0.428 e. The van der Waals surface area contributed by atoms with Crippen LogP contribution < -0.4 is 0 Å². The Morgan fingerprint density at radius 3 is 1.24 bits per heavy atom. The summed E-state index contributed by atoms with van der Waals surface area (Å²) in [6.45, 7) is -0.779. The van der Waals surface area contributed by atoms with Gasteiger partial charge in [0.2, 0.25) is 5.76 Å². The highest BCUT2D eigenvalue weighted by Crippen LogP contribution is 2.64. The minimum atomic E-state index is -8.54. The molecule has 34 heavy (non-hydrogen) atoms. The van der Waals surface area contributed by atoms with E-state index in [1.165, 1.54) is 0 Å². The predicted molar refractivity (Wildman–Crippen MR) is 77.4 cm³/mol. The van der Waals surface area contributed by atoms with Crippen molar-refractivity contribution >= 4 is 5.97 Å². The van der Waals surface area contributed by atoms with Gasteiger partial charge in [-0.05, 0) is 13.3 Å². The predicted octanol–water partition coefficient (Wildman–Crippen LogP) is 6.79. The second kappa shape index (κ2) is 8.53. The van der Waals surface area contributed by atoms with Gasteiger partial charge in [-0.25, -0.2) is 9.18 Å². The molecule has 0 bridgehead atoms. The Bertz CT molecular complexity index is 809. The zero-order valence-electron chi connectivity index (χ0n) is 16.3. The Hall–Kier alpha value is -2.11. The topological polar surface area (TPSA) is 57.5 Å². The number of carbonyl (C=O) groups is 1. The van der Waals surface area contributed by atoms with Gasteiger partial charge in [-0.3, -0.25) is 0 Å². The fourth-order valence-corrected chi connectivity index (χ4v) is 2.25. The lowest BCUT2D eigenvalue weighted by atomic mass is 9.83. The van der Waals surface area contributed by atoms with Crippen LogP contribution in [-0.4, -0.2) is 63.6 Å². The maximum atomic E-state index is 14.1. The van der Waals surface area contributed by atoms with Crippen LogP contribution in [0.25, 0.3) is 0 Å². The van der Waals surface area contributed by atoms with Gasteiger partial charge in [0.1, 0.15) is 0 Å².